The third-order valence-electron chi connectivity index (χ3n) is 3.47. The number of aliphatic carboxylic acids is 1. The number of carbonyl (C=O) groups is 2. The Morgan fingerprint density at radius 1 is 1.05 bits per heavy atom. The summed E-state index contributed by atoms with van der Waals surface area (Å²) in [6.07, 6.45) is 9.33. The number of carboxylic acid groups (broad SMARTS) is 1. The summed E-state index contributed by atoms with van der Waals surface area (Å²) >= 11 is 0.561. The van der Waals surface area contributed by atoms with E-state index in [-0.39, 0.29) is 12.4 Å². The zero-order valence-electron chi connectivity index (χ0n) is 13.7. The van der Waals surface area contributed by atoms with Gasteiger partial charge in [-0.05, 0) is 6.42 Å². The van der Waals surface area contributed by atoms with Crippen LogP contribution in [-0.2, 0) is 14.3 Å². The van der Waals surface area contributed by atoms with Crippen LogP contribution in [0.5, 0.6) is 0 Å². The summed E-state index contributed by atoms with van der Waals surface area (Å²) in [5, 5.41) is 9.53. The minimum atomic E-state index is -0.704. The number of esters is 1. The van der Waals surface area contributed by atoms with E-state index in [1.54, 1.807) is 0 Å². The molecule has 0 bridgehead atoms. The first kappa shape index (κ1) is 21.4. The van der Waals surface area contributed by atoms with E-state index < -0.39 is 12.0 Å². The molecule has 0 aliphatic carbocycles. The Hall–Kier alpha value is -0.581. The third-order valence-corrected chi connectivity index (χ3v) is 4.82. The van der Waals surface area contributed by atoms with Crippen LogP contribution in [0.25, 0.3) is 0 Å². The second-order valence-electron chi connectivity index (χ2n) is 5.53. The van der Waals surface area contributed by atoms with Gasteiger partial charge in [0.2, 0.25) is 0 Å². The molecule has 0 aromatic heterocycles. The summed E-state index contributed by atoms with van der Waals surface area (Å²) in [6, 6.07) is -0.451. The van der Waals surface area contributed by atoms with Crippen LogP contribution in [0.3, 0.4) is 0 Å². The topological polar surface area (TPSA) is 89.6 Å². The molecule has 0 radical (unpaired) electrons. The Bertz CT molecular complexity index is 300. The van der Waals surface area contributed by atoms with Gasteiger partial charge >= 0.3 is 111 Å². The fourth-order valence-electron chi connectivity index (χ4n) is 2.08. The molecule has 3 N–H and O–H groups in total. The normalized spacial score (nSPS) is 12.1. The summed E-state index contributed by atoms with van der Waals surface area (Å²) in [6.45, 7) is 0.475. The zero-order valence-corrected chi connectivity index (χ0v) is 15.4. The van der Waals surface area contributed by atoms with Gasteiger partial charge in [0, 0.05) is 6.42 Å². The van der Waals surface area contributed by atoms with E-state index in [1.807, 2.05) is 0 Å². The Kier molecular flexibility index (Phi) is 14.9. The summed E-state index contributed by atoms with van der Waals surface area (Å²) < 4.78 is 5.17. The molecule has 0 aromatic rings. The van der Waals surface area contributed by atoms with E-state index in [0.717, 1.165) is 56.7 Å². The first-order chi connectivity index (χ1) is 10.6. The molecular formula is C16H31NO4Se. The van der Waals surface area contributed by atoms with Gasteiger partial charge in [-0.1, -0.05) is 6.42 Å². The van der Waals surface area contributed by atoms with Crippen LogP contribution < -0.4 is 5.73 Å². The van der Waals surface area contributed by atoms with Crippen LogP contribution in [0.4, 0.5) is 0 Å². The van der Waals surface area contributed by atoms with E-state index in [0.29, 0.717) is 21.6 Å². The van der Waals surface area contributed by atoms with Gasteiger partial charge in [-0.3, -0.25) is 4.79 Å². The standard InChI is InChI=1S/C16H31NO4Se/c1-22-13-11-14(17)16(20)21-12-9-7-5-3-2-4-6-8-10-15(18)19/h14H,2-13,17H2,1H3,(H,18,19)/t14-/m0/s1. The van der Waals surface area contributed by atoms with Crippen molar-refractivity contribution >= 4 is 26.9 Å². The van der Waals surface area contributed by atoms with E-state index >= 15 is 0 Å². The van der Waals surface area contributed by atoms with Crippen molar-refractivity contribution in [2.24, 2.45) is 5.73 Å². The maximum absolute atomic E-state index is 11.6. The van der Waals surface area contributed by atoms with Crippen LogP contribution in [-0.4, -0.2) is 44.7 Å². The van der Waals surface area contributed by atoms with Crippen LogP contribution in [0.1, 0.15) is 64.2 Å². The molecule has 22 heavy (non-hydrogen) atoms. The predicted octanol–water partition coefficient (Wildman–Crippen LogP) is 3.01. The molecule has 0 amide bonds. The van der Waals surface area contributed by atoms with Gasteiger partial charge in [0.1, 0.15) is 0 Å². The second kappa shape index (κ2) is 15.3. The van der Waals surface area contributed by atoms with Gasteiger partial charge in [-0.15, -0.1) is 0 Å². The zero-order chi connectivity index (χ0) is 16.6. The number of nitrogens with two attached hydrogens (primary N) is 1. The molecule has 0 heterocycles. The van der Waals surface area contributed by atoms with Gasteiger partial charge in [-0.25, -0.2) is 0 Å². The smallest absolute Gasteiger partial charge is 0.481 e. The summed E-state index contributed by atoms with van der Waals surface area (Å²) in [5.74, 6) is 1.17. The summed E-state index contributed by atoms with van der Waals surface area (Å²) in [7, 11) is 0. The fraction of sp³-hybridized carbons (Fsp3) is 0.875. The number of hydrogen-bond acceptors (Lipinski definition) is 4. The minimum absolute atomic E-state index is 0.261. The van der Waals surface area contributed by atoms with Crippen molar-refractivity contribution in [2.75, 3.05) is 6.61 Å². The number of rotatable bonds is 15. The van der Waals surface area contributed by atoms with Crippen molar-refractivity contribution in [3.05, 3.63) is 0 Å². The molecule has 1 atom stereocenters. The first-order valence-electron chi connectivity index (χ1n) is 8.21. The van der Waals surface area contributed by atoms with E-state index in [2.05, 4.69) is 5.82 Å². The van der Waals surface area contributed by atoms with Crippen molar-refractivity contribution in [2.45, 2.75) is 81.4 Å². The monoisotopic (exact) mass is 381 g/mol. The van der Waals surface area contributed by atoms with Crippen LogP contribution in [0.2, 0.25) is 11.1 Å². The number of carbonyl (C=O) groups excluding carboxylic acids is 1. The quantitative estimate of drug-likeness (QED) is 0.259. The molecule has 0 saturated heterocycles. The summed E-state index contributed by atoms with van der Waals surface area (Å²) in [5.41, 5.74) is 5.74. The molecule has 5 nitrogen and oxygen atoms in total. The molecule has 6 heteroatoms. The van der Waals surface area contributed by atoms with Crippen LogP contribution in [0.15, 0.2) is 0 Å². The van der Waals surface area contributed by atoms with Gasteiger partial charge in [0.25, 0.3) is 0 Å². The fourth-order valence-corrected chi connectivity index (χ4v) is 3.11. The van der Waals surface area contributed by atoms with E-state index in [1.165, 1.54) is 6.42 Å². The van der Waals surface area contributed by atoms with Crippen LogP contribution >= 0.6 is 0 Å². The van der Waals surface area contributed by atoms with Crippen molar-refractivity contribution in [3.63, 3.8) is 0 Å². The number of ether oxygens (including phenoxy) is 1. The number of hydrogen-bond donors (Lipinski definition) is 2. The Labute approximate surface area is 140 Å². The predicted molar refractivity (Wildman–Crippen MR) is 89.2 cm³/mol. The van der Waals surface area contributed by atoms with E-state index in [9.17, 15) is 9.59 Å². The second-order valence-corrected chi connectivity index (χ2v) is 7.60. The van der Waals surface area contributed by atoms with Gasteiger partial charge in [0.05, 0.1) is 0 Å². The maximum atomic E-state index is 11.6. The number of carboxylic acids is 1. The molecule has 0 fully saturated rings. The summed E-state index contributed by atoms with van der Waals surface area (Å²) in [4.78, 5) is 21.9. The molecule has 0 saturated carbocycles. The Balaban J connectivity index is 3.26. The molecular weight excluding hydrogens is 349 g/mol. The number of unbranched alkanes of at least 4 members (excludes halogenated alkanes) is 7. The van der Waals surface area contributed by atoms with Gasteiger partial charge in [0.15, 0.2) is 0 Å². The van der Waals surface area contributed by atoms with Crippen LogP contribution in [0, 0.1) is 0 Å². The average Bonchev–Trinajstić information content (AvgIpc) is 2.49. The van der Waals surface area contributed by atoms with Gasteiger partial charge < -0.3 is 5.11 Å². The van der Waals surface area contributed by atoms with Crippen molar-refractivity contribution in [1.82, 2.24) is 0 Å². The van der Waals surface area contributed by atoms with Gasteiger partial charge in [-0.2, -0.15) is 0 Å². The average molecular weight is 380 g/mol. The molecule has 0 aliphatic rings. The molecule has 0 rings (SSSR count). The molecule has 0 spiro atoms. The minimum Gasteiger partial charge on any atom is -0.481 e. The molecule has 0 aromatic carbocycles. The van der Waals surface area contributed by atoms with Crippen molar-refractivity contribution < 1.29 is 19.4 Å². The molecule has 130 valence electrons. The SMILES string of the molecule is C[Se]CC[C@H](N)C(=O)OCCCCCCCCCCC(=O)O. The van der Waals surface area contributed by atoms with E-state index in [4.69, 9.17) is 15.6 Å². The Morgan fingerprint density at radius 3 is 2.14 bits per heavy atom. The molecule has 0 unspecified atom stereocenters. The third kappa shape index (κ3) is 14.4. The molecule has 0 aliphatic heterocycles. The Morgan fingerprint density at radius 2 is 1.59 bits per heavy atom. The van der Waals surface area contributed by atoms with Crippen molar-refractivity contribution in [1.29, 1.82) is 0 Å². The van der Waals surface area contributed by atoms with Crippen molar-refractivity contribution in [3.8, 4) is 0 Å². The first-order valence-corrected chi connectivity index (χ1v) is 11.1.